The van der Waals surface area contributed by atoms with E-state index in [1.807, 2.05) is 9.80 Å². The molecule has 0 aromatic heterocycles. The van der Waals surface area contributed by atoms with Crippen molar-refractivity contribution in [3.8, 4) is 0 Å². The molecule has 3 rings (SSSR count). The Morgan fingerprint density at radius 1 is 1.10 bits per heavy atom. The first-order chi connectivity index (χ1) is 9.46. The minimum atomic E-state index is -0.250. The number of carbonyl (C=O) groups is 2. The number of nitrogens with zero attached hydrogens (tertiary/aromatic N) is 2. The number of fused-ring (bicyclic) bond motifs is 1. The zero-order valence-electron chi connectivity index (χ0n) is 12.9. The zero-order valence-corrected chi connectivity index (χ0v) is 12.9. The van der Waals surface area contributed by atoms with Crippen LogP contribution in [0.15, 0.2) is 0 Å². The van der Waals surface area contributed by atoms with Gasteiger partial charge in [-0.2, -0.15) is 0 Å². The Morgan fingerprint density at radius 2 is 1.75 bits per heavy atom. The molecule has 0 bridgehead atoms. The maximum atomic E-state index is 13.0. The Balaban J connectivity index is 1.99. The zero-order chi connectivity index (χ0) is 14.5. The maximum Gasteiger partial charge on any atom is 0.246 e. The summed E-state index contributed by atoms with van der Waals surface area (Å²) in [6, 6.07) is -0.421. The monoisotopic (exact) mass is 278 g/mol. The van der Waals surface area contributed by atoms with Crippen molar-refractivity contribution in [3.05, 3.63) is 0 Å². The largest absolute Gasteiger partial charge is 0.329 e. The number of piperazine rings is 1. The number of hydrogen-bond acceptors (Lipinski definition) is 2. The van der Waals surface area contributed by atoms with E-state index in [0.717, 1.165) is 32.2 Å². The third kappa shape index (κ3) is 1.87. The maximum absolute atomic E-state index is 13.0. The minimum Gasteiger partial charge on any atom is -0.329 e. The lowest BCUT2D eigenvalue weighted by Gasteiger charge is -2.51. The summed E-state index contributed by atoms with van der Waals surface area (Å²) in [5.41, 5.74) is -0.101. The molecule has 4 heteroatoms. The summed E-state index contributed by atoms with van der Waals surface area (Å²) < 4.78 is 0. The normalized spacial score (nSPS) is 33.2. The first kappa shape index (κ1) is 13.9. The standard InChI is InChI=1S/C16H26N2O2/c1-11(2)13-15(20)17-10-6-7-12(17)14(19)18(13)16(3)8-4-5-9-16/h11-13H,4-10H2,1-3H3. The fourth-order valence-electron chi connectivity index (χ4n) is 4.43. The van der Waals surface area contributed by atoms with E-state index in [9.17, 15) is 9.59 Å². The molecule has 4 nitrogen and oxygen atoms in total. The molecule has 2 aliphatic heterocycles. The smallest absolute Gasteiger partial charge is 0.246 e. The average Bonchev–Trinajstić information content (AvgIpc) is 3.02. The lowest BCUT2D eigenvalue weighted by Crippen LogP contribution is -2.69. The second-order valence-electron chi connectivity index (χ2n) is 7.29. The molecule has 2 saturated heterocycles. The molecule has 0 N–H and O–H groups in total. The highest BCUT2D eigenvalue weighted by Gasteiger charge is 2.54. The molecule has 0 aromatic carbocycles. The van der Waals surface area contributed by atoms with E-state index in [0.29, 0.717) is 0 Å². The van der Waals surface area contributed by atoms with E-state index in [1.165, 1.54) is 12.8 Å². The number of hydrogen-bond donors (Lipinski definition) is 0. The summed E-state index contributed by atoms with van der Waals surface area (Å²) in [6.07, 6.45) is 6.25. The fraction of sp³-hybridized carbons (Fsp3) is 0.875. The first-order valence-corrected chi connectivity index (χ1v) is 8.09. The Kier molecular flexibility index (Phi) is 3.30. The molecule has 0 aromatic rings. The average molecular weight is 278 g/mol. The van der Waals surface area contributed by atoms with Gasteiger partial charge in [0.1, 0.15) is 12.1 Å². The van der Waals surface area contributed by atoms with Gasteiger partial charge in [-0.1, -0.05) is 26.7 Å². The third-order valence-electron chi connectivity index (χ3n) is 5.48. The van der Waals surface area contributed by atoms with Crippen LogP contribution in [0.25, 0.3) is 0 Å². The van der Waals surface area contributed by atoms with Gasteiger partial charge in [-0.3, -0.25) is 9.59 Å². The SMILES string of the molecule is CC(C)C1C(=O)N2CCCC2C(=O)N1C1(C)CCCC1. The van der Waals surface area contributed by atoms with Crippen molar-refractivity contribution in [1.29, 1.82) is 0 Å². The molecule has 2 heterocycles. The summed E-state index contributed by atoms with van der Waals surface area (Å²) in [6.45, 7) is 7.09. The van der Waals surface area contributed by atoms with E-state index < -0.39 is 0 Å². The van der Waals surface area contributed by atoms with Crippen molar-refractivity contribution < 1.29 is 9.59 Å². The van der Waals surface area contributed by atoms with E-state index >= 15 is 0 Å². The first-order valence-electron chi connectivity index (χ1n) is 8.09. The summed E-state index contributed by atoms with van der Waals surface area (Å²) in [7, 11) is 0. The summed E-state index contributed by atoms with van der Waals surface area (Å²) >= 11 is 0. The molecule has 1 aliphatic carbocycles. The van der Waals surface area contributed by atoms with Crippen molar-refractivity contribution in [3.63, 3.8) is 0 Å². The van der Waals surface area contributed by atoms with Gasteiger partial charge in [0.25, 0.3) is 0 Å². The molecule has 0 radical (unpaired) electrons. The van der Waals surface area contributed by atoms with Crippen molar-refractivity contribution in [2.75, 3.05) is 6.54 Å². The highest BCUT2D eigenvalue weighted by molar-refractivity contribution is 5.98. The van der Waals surface area contributed by atoms with Crippen molar-refractivity contribution in [2.45, 2.75) is 76.9 Å². The van der Waals surface area contributed by atoms with Crippen LogP contribution in [0.1, 0.15) is 59.3 Å². The van der Waals surface area contributed by atoms with E-state index in [2.05, 4.69) is 20.8 Å². The van der Waals surface area contributed by atoms with Gasteiger partial charge >= 0.3 is 0 Å². The van der Waals surface area contributed by atoms with E-state index in [4.69, 9.17) is 0 Å². The molecule has 112 valence electrons. The van der Waals surface area contributed by atoms with E-state index in [-0.39, 0.29) is 35.4 Å². The highest BCUT2D eigenvalue weighted by atomic mass is 16.2. The van der Waals surface area contributed by atoms with Gasteiger partial charge in [-0.15, -0.1) is 0 Å². The number of rotatable bonds is 2. The van der Waals surface area contributed by atoms with Crippen molar-refractivity contribution in [2.24, 2.45) is 5.92 Å². The van der Waals surface area contributed by atoms with Crippen LogP contribution >= 0.6 is 0 Å². The molecule has 3 fully saturated rings. The van der Waals surface area contributed by atoms with E-state index in [1.54, 1.807) is 0 Å². The highest BCUT2D eigenvalue weighted by Crippen LogP contribution is 2.41. The van der Waals surface area contributed by atoms with Crippen molar-refractivity contribution in [1.82, 2.24) is 9.80 Å². The van der Waals surface area contributed by atoms with Crippen LogP contribution in [-0.4, -0.2) is 45.8 Å². The fourth-order valence-corrected chi connectivity index (χ4v) is 4.43. The Hall–Kier alpha value is -1.06. The molecule has 2 atom stereocenters. The van der Waals surface area contributed by atoms with Crippen LogP contribution in [0.2, 0.25) is 0 Å². The second-order valence-corrected chi connectivity index (χ2v) is 7.29. The summed E-state index contributed by atoms with van der Waals surface area (Å²) in [5.74, 6) is 0.589. The Labute approximate surface area is 121 Å². The molecule has 1 saturated carbocycles. The minimum absolute atomic E-state index is 0.101. The molecular weight excluding hydrogens is 252 g/mol. The van der Waals surface area contributed by atoms with Gasteiger partial charge in [0.15, 0.2) is 0 Å². The predicted octanol–water partition coefficient (Wildman–Crippen LogP) is 2.18. The van der Waals surface area contributed by atoms with Crippen LogP contribution in [0.3, 0.4) is 0 Å². The van der Waals surface area contributed by atoms with Crippen LogP contribution in [0.4, 0.5) is 0 Å². The predicted molar refractivity (Wildman–Crippen MR) is 77.1 cm³/mol. The molecule has 0 spiro atoms. The van der Waals surface area contributed by atoms with Crippen LogP contribution in [0.5, 0.6) is 0 Å². The van der Waals surface area contributed by atoms with Crippen LogP contribution in [-0.2, 0) is 9.59 Å². The quantitative estimate of drug-likeness (QED) is 0.777. The number of carbonyl (C=O) groups excluding carboxylic acids is 2. The molecule has 2 unspecified atom stereocenters. The molecule has 3 aliphatic rings. The van der Waals surface area contributed by atoms with Gasteiger partial charge in [0, 0.05) is 12.1 Å². The number of amides is 2. The topological polar surface area (TPSA) is 40.6 Å². The lowest BCUT2D eigenvalue weighted by molar-refractivity contribution is -0.168. The lowest BCUT2D eigenvalue weighted by atomic mass is 9.87. The molecule has 2 amide bonds. The Bertz CT molecular complexity index is 426. The van der Waals surface area contributed by atoms with Gasteiger partial charge in [-0.25, -0.2) is 0 Å². The van der Waals surface area contributed by atoms with Gasteiger partial charge in [-0.05, 0) is 38.5 Å². The summed E-state index contributed by atoms with van der Waals surface area (Å²) in [4.78, 5) is 29.7. The Morgan fingerprint density at radius 3 is 2.35 bits per heavy atom. The molecular formula is C16H26N2O2. The van der Waals surface area contributed by atoms with Crippen LogP contribution in [0, 0.1) is 5.92 Å². The van der Waals surface area contributed by atoms with Gasteiger partial charge in [0.05, 0.1) is 0 Å². The summed E-state index contributed by atoms with van der Waals surface area (Å²) in [5, 5.41) is 0. The van der Waals surface area contributed by atoms with Gasteiger partial charge in [0.2, 0.25) is 11.8 Å². The van der Waals surface area contributed by atoms with Crippen LogP contribution < -0.4 is 0 Å². The van der Waals surface area contributed by atoms with Gasteiger partial charge < -0.3 is 9.80 Å². The molecule has 20 heavy (non-hydrogen) atoms. The third-order valence-corrected chi connectivity index (χ3v) is 5.48. The second kappa shape index (κ2) is 4.74. The van der Waals surface area contributed by atoms with Crippen molar-refractivity contribution >= 4 is 11.8 Å².